The zero-order valence-electron chi connectivity index (χ0n) is 14.3. The second-order valence-corrected chi connectivity index (χ2v) is 7.83. The number of pyridine rings is 1. The van der Waals surface area contributed by atoms with Crippen molar-refractivity contribution in [3.63, 3.8) is 0 Å². The molecule has 5 aliphatic heterocycles. The van der Waals surface area contributed by atoms with Gasteiger partial charge in [-0.2, -0.15) is 0 Å². The van der Waals surface area contributed by atoms with E-state index in [1.807, 2.05) is 19.1 Å². The Kier molecular flexibility index (Phi) is 3.01. The minimum absolute atomic E-state index is 0.0923. The Bertz CT molecular complexity index is 821. The molecule has 4 nitrogen and oxygen atoms in total. The third-order valence-electron chi connectivity index (χ3n) is 6.69. The lowest BCUT2D eigenvalue weighted by atomic mass is 9.62. The summed E-state index contributed by atoms with van der Waals surface area (Å²) < 4.78 is 6.65. The molecule has 5 unspecified atom stereocenters. The largest absolute Gasteiger partial charge is 0.508 e. The molecule has 5 fully saturated rings. The van der Waals surface area contributed by atoms with E-state index in [0.717, 1.165) is 23.1 Å². The van der Waals surface area contributed by atoms with Gasteiger partial charge in [0.05, 0.1) is 17.7 Å². The number of aromatic nitrogens is 1. The van der Waals surface area contributed by atoms with Gasteiger partial charge >= 0.3 is 0 Å². The maximum atomic E-state index is 9.96. The number of hydrogen-bond donors (Lipinski definition) is 1. The second-order valence-electron chi connectivity index (χ2n) is 7.83. The molecule has 0 saturated carbocycles. The summed E-state index contributed by atoms with van der Waals surface area (Å²) in [5.74, 6) is 0.294. The van der Waals surface area contributed by atoms with E-state index in [-0.39, 0.29) is 6.10 Å². The van der Waals surface area contributed by atoms with Crippen LogP contribution in [0.2, 0.25) is 0 Å². The van der Waals surface area contributed by atoms with E-state index in [1.165, 1.54) is 31.4 Å². The normalized spacial score (nSPS) is 37.2. The highest BCUT2D eigenvalue weighted by molar-refractivity contribution is 5.84. The van der Waals surface area contributed by atoms with Crippen molar-refractivity contribution in [2.45, 2.75) is 51.4 Å². The van der Waals surface area contributed by atoms with Crippen LogP contribution in [0.25, 0.3) is 10.9 Å². The zero-order chi connectivity index (χ0) is 16.5. The van der Waals surface area contributed by atoms with Crippen molar-refractivity contribution in [2.75, 3.05) is 13.1 Å². The standard InChI is InChI=1S/C20H24N2O2/c1-3-20-6-7-22-11-18(20)24-19(17(22)10-20)15-8-12(2)21-16-5-4-13(23)9-14(15)16/h4-5,8-9,17-19,23H,3,6-7,10-11H2,1-2H3. The molecule has 2 aromatic rings. The van der Waals surface area contributed by atoms with Gasteiger partial charge in [-0.15, -0.1) is 0 Å². The Morgan fingerprint density at radius 1 is 1.38 bits per heavy atom. The van der Waals surface area contributed by atoms with Gasteiger partial charge in [0, 0.05) is 29.1 Å². The number of nitrogens with zero attached hydrogens (tertiary/aromatic N) is 2. The molecule has 4 bridgehead atoms. The van der Waals surface area contributed by atoms with E-state index in [1.54, 1.807) is 6.07 Å². The van der Waals surface area contributed by atoms with Gasteiger partial charge < -0.3 is 9.84 Å². The lowest BCUT2D eigenvalue weighted by Crippen LogP contribution is -2.68. The minimum Gasteiger partial charge on any atom is -0.508 e. The molecule has 0 spiro atoms. The molecule has 5 aliphatic rings. The molecule has 0 amide bonds. The molecule has 6 heterocycles. The Hall–Kier alpha value is -1.65. The van der Waals surface area contributed by atoms with Crippen LogP contribution in [-0.4, -0.2) is 40.2 Å². The highest BCUT2D eigenvalue weighted by Gasteiger charge is 2.58. The molecule has 4 heteroatoms. The fourth-order valence-corrected chi connectivity index (χ4v) is 5.30. The number of ether oxygens (including phenoxy) is 1. The molecular weight excluding hydrogens is 300 g/mol. The van der Waals surface area contributed by atoms with Gasteiger partial charge in [0.25, 0.3) is 0 Å². The molecule has 24 heavy (non-hydrogen) atoms. The van der Waals surface area contributed by atoms with Crippen molar-refractivity contribution in [3.8, 4) is 5.75 Å². The fourth-order valence-electron chi connectivity index (χ4n) is 5.30. The van der Waals surface area contributed by atoms with Crippen LogP contribution in [0.4, 0.5) is 0 Å². The van der Waals surface area contributed by atoms with Gasteiger partial charge in [-0.25, -0.2) is 0 Å². The van der Waals surface area contributed by atoms with Crippen molar-refractivity contribution in [2.24, 2.45) is 5.41 Å². The first-order valence-electron chi connectivity index (χ1n) is 9.09. The predicted molar refractivity (Wildman–Crippen MR) is 93.1 cm³/mol. The number of hydrogen-bond acceptors (Lipinski definition) is 4. The summed E-state index contributed by atoms with van der Waals surface area (Å²) in [4.78, 5) is 7.26. The van der Waals surface area contributed by atoms with Crippen molar-refractivity contribution >= 4 is 10.9 Å². The molecule has 1 aromatic carbocycles. The van der Waals surface area contributed by atoms with Crippen molar-refractivity contribution in [1.29, 1.82) is 0 Å². The van der Waals surface area contributed by atoms with Crippen LogP contribution in [-0.2, 0) is 4.74 Å². The number of piperidine rings is 3. The number of phenolic OH excluding ortho intramolecular Hbond substituents is 1. The number of aryl methyl sites for hydroxylation is 1. The summed E-state index contributed by atoms with van der Waals surface area (Å²) >= 11 is 0. The molecule has 0 radical (unpaired) electrons. The van der Waals surface area contributed by atoms with Crippen LogP contribution < -0.4 is 0 Å². The summed E-state index contributed by atoms with van der Waals surface area (Å²) in [6, 6.07) is 8.06. The highest BCUT2D eigenvalue weighted by Crippen LogP contribution is 2.56. The molecule has 7 rings (SSSR count). The van der Waals surface area contributed by atoms with E-state index in [9.17, 15) is 5.11 Å². The van der Waals surface area contributed by atoms with Crippen LogP contribution in [0, 0.1) is 12.3 Å². The number of aromatic hydroxyl groups is 1. The first-order chi connectivity index (χ1) is 11.6. The summed E-state index contributed by atoms with van der Waals surface area (Å²) in [6.07, 6.45) is 4.15. The third-order valence-corrected chi connectivity index (χ3v) is 6.69. The van der Waals surface area contributed by atoms with Gasteiger partial charge in [0.2, 0.25) is 0 Å². The van der Waals surface area contributed by atoms with Crippen molar-refractivity contribution < 1.29 is 9.84 Å². The fraction of sp³-hybridized carbons (Fsp3) is 0.550. The zero-order valence-corrected chi connectivity index (χ0v) is 14.3. The van der Waals surface area contributed by atoms with Crippen LogP contribution in [0.3, 0.4) is 0 Å². The molecule has 5 saturated heterocycles. The number of morpholine rings is 1. The molecule has 126 valence electrons. The van der Waals surface area contributed by atoms with Gasteiger partial charge in [-0.1, -0.05) is 6.92 Å². The van der Waals surface area contributed by atoms with E-state index in [2.05, 4.69) is 22.9 Å². The van der Waals surface area contributed by atoms with Gasteiger partial charge in [-0.05, 0) is 62.6 Å². The Morgan fingerprint density at radius 2 is 2.25 bits per heavy atom. The predicted octanol–water partition coefficient (Wildman–Crippen LogP) is 3.56. The SMILES string of the molecule is CCC12CCN3CC1OC(c1cc(C)nc4ccc(O)cc14)C3C2. The second kappa shape index (κ2) is 4.93. The quantitative estimate of drug-likeness (QED) is 0.917. The van der Waals surface area contributed by atoms with E-state index in [0.29, 0.717) is 23.3 Å². The lowest BCUT2D eigenvalue weighted by molar-refractivity contribution is -0.253. The Labute approximate surface area is 142 Å². The average molecular weight is 324 g/mol. The average Bonchev–Trinajstić information content (AvgIpc) is 2.61. The third kappa shape index (κ3) is 1.90. The summed E-state index contributed by atoms with van der Waals surface area (Å²) in [7, 11) is 0. The summed E-state index contributed by atoms with van der Waals surface area (Å²) in [5, 5.41) is 11.0. The van der Waals surface area contributed by atoms with Crippen LogP contribution in [0.1, 0.15) is 43.5 Å². The molecular formula is C20H24N2O2. The van der Waals surface area contributed by atoms with Gasteiger partial charge in [0.1, 0.15) is 5.75 Å². The smallest absolute Gasteiger partial charge is 0.116 e. The molecule has 5 atom stereocenters. The van der Waals surface area contributed by atoms with Crippen LogP contribution in [0.15, 0.2) is 24.3 Å². The maximum Gasteiger partial charge on any atom is 0.116 e. The number of phenols is 1. The van der Waals surface area contributed by atoms with Crippen LogP contribution >= 0.6 is 0 Å². The van der Waals surface area contributed by atoms with E-state index in [4.69, 9.17) is 4.74 Å². The Morgan fingerprint density at radius 3 is 3.04 bits per heavy atom. The first kappa shape index (κ1) is 14.7. The van der Waals surface area contributed by atoms with Crippen molar-refractivity contribution in [1.82, 2.24) is 9.88 Å². The minimum atomic E-state index is 0.0923. The van der Waals surface area contributed by atoms with E-state index >= 15 is 0 Å². The van der Waals surface area contributed by atoms with Gasteiger partial charge in [0.15, 0.2) is 0 Å². The highest BCUT2D eigenvalue weighted by atomic mass is 16.5. The topological polar surface area (TPSA) is 45.6 Å². The van der Waals surface area contributed by atoms with Gasteiger partial charge in [-0.3, -0.25) is 9.88 Å². The van der Waals surface area contributed by atoms with E-state index < -0.39 is 0 Å². The number of rotatable bonds is 2. The summed E-state index contributed by atoms with van der Waals surface area (Å²) in [5.41, 5.74) is 3.53. The number of fused-ring (bicyclic) bond motifs is 3. The van der Waals surface area contributed by atoms with Crippen LogP contribution in [0.5, 0.6) is 5.75 Å². The molecule has 1 aromatic heterocycles. The monoisotopic (exact) mass is 324 g/mol. The maximum absolute atomic E-state index is 9.96. The van der Waals surface area contributed by atoms with Crippen molar-refractivity contribution in [3.05, 3.63) is 35.5 Å². The first-order valence-corrected chi connectivity index (χ1v) is 9.09. The Balaban J connectivity index is 1.63. The molecule has 1 N–H and O–H groups in total. The number of benzene rings is 1. The molecule has 0 aliphatic carbocycles. The summed E-state index contributed by atoms with van der Waals surface area (Å²) in [6.45, 7) is 6.64. The lowest BCUT2D eigenvalue weighted by Gasteiger charge is -2.63.